The van der Waals surface area contributed by atoms with Gasteiger partial charge >= 0.3 is 0 Å². The van der Waals surface area contributed by atoms with Crippen molar-refractivity contribution in [2.45, 2.75) is 52.0 Å². The van der Waals surface area contributed by atoms with Gasteiger partial charge in [-0.2, -0.15) is 0 Å². The summed E-state index contributed by atoms with van der Waals surface area (Å²) in [6, 6.07) is 0.812. The molecular weight excluding hydrogens is 158 g/mol. The van der Waals surface area contributed by atoms with E-state index in [0.717, 1.165) is 17.9 Å². The lowest BCUT2D eigenvalue weighted by atomic mass is 9.74. The molecule has 4 atom stereocenters. The molecular formula is C12H23N. The molecule has 13 heavy (non-hydrogen) atoms. The molecule has 0 radical (unpaired) electrons. The minimum Gasteiger partial charge on any atom is -0.316 e. The van der Waals surface area contributed by atoms with Crippen molar-refractivity contribution in [3.05, 3.63) is 0 Å². The molecule has 0 bridgehead atoms. The molecule has 0 aliphatic heterocycles. The molecule has 2 aliphatic rings. The number of hydrogen-bond donors (Lipinski definition) is 1. The van der Waals surface area contributed by atoms with Gasteiger partial charge in [0.05, 0.1) is 0 Å². The van der Waals surface area contributed by atoms with Gasteiger partial charge in [0.1, 0.15) is 0 Å². The van der Waals surface area contributed by atoms with Crippen molar-refractivity contribution in [3.8, 4) is 0 Å². The molecule has 1 heteroatoms. The summed E-state index contributed by atoms with van der Waals surface area (Å²) in [7, 11) is 2.15. The van der Waals surface area contributed by atoms with E-state index in [1.54, 1.807) is 0 Å². The van der Waals surface area contributed by atoms with Crippen molar-refractivity contribution in [1.29, 1.82) is 0 Å². The van der Waals surface area contributed by atoms with Crippen LogP contribution in [-0.4, -0.2) is 13.1 Å². The Balaban J connectivity index is 2.18. The second-order valence-corrected chi connectivity index (χ2v) is 5.41. The fraction of sp³-hybridized carbons (Fsp3) is 1.00. The lowest BCUT2D eigenvalue weighted by Crippen LogP contribution is -2.41. The molecule has 0 aromatic heterocycles. The van der Waals surface area contributed by atoms with Gasteiger partial charge in [0, 0.05) is 6.04 Å². The summed E-state index contributed by atoms with van der Waals surface area (Å²) in [6.45, 7) is 4.90. The molecule has 0 amide bonds. The average molecular weight is 181 g/mol. The SMILES string of the molecule is CNC1CCCC12CC(C)CC2C. The highest BCUT2D eigenvalue weighted by Gasteiger charge is 2.50. The van der Waals surface area contributed by atoms with Crippen molar-refractivity contribution >= 4 is 0 Å². The molecule has 1 spiro atoms. The van der Waals surface area contributed by atoms with Crippen molar-refractivity contribution in [1.82, 2.24) is 5.32 Å². The standard InChI is InChI=1S/C12H23N/c1-9-7-10(2)12(8-9)6-4-5-11(12)13-3/h9-11,13H,4-8H2,1-3H3. The largest absolute Gasteiger partial charge is 0.316 e. The predicted molar refractivity (Wildman–Crippen MR) is 56.7 cm³/mol. The molecule has 2 saturated carbocycles. The molecule has 1 N–H and O–H groups in total. The third kappa shape index (κ3) is 1.32. The summed E-state index contributed by atoms with van der Waals surface area (Å²) in [5.74, 6) is 1.91. The molecule has 0 heterocycles. The summed E-state index contributed by atoms with van der Waals surface area (Å²) in [6.07, 6.45) is 7.26. The van der Waals surface area contributed by atoms with Gasteiger partial charge < -0.3 is 5.32 Å². The number of hydrogen-bond acceptors (Lipinski definition) is 1. The Hall–Kier alpha value is -0.0400. The van der Waals surface area contributed by atoms with E-state index in [1.807, 2.05) is 0 Å². The quantitative estimate of drug-likeness (QED) is 0.656. The molecule has 0 aromatic rings. The number of nitrogens with one attached hydrogen (secondary N) is 1. The van der Waals surface area contributed by atoms with Gasteiger partial charge in [0.15, 0.2) is 0 Å². The zero-order valence-corrected chi connectivity index (χ0v) is 9.27. The molecule has 0 saturated heterocycles. The van der Waals surface area contributed by atoms with E-state index in [9.17, 15) is 0 Å². The fourth-order valence-electron chi connectivity index (χ4n) is 4.13. The molecule has 2 rings (SSSR count). The second-order valence-electron chi connectivity index (χ2n) is 5.41. The Labute approximate surface area is 82.3 Å². The summed E-state index contributed by atoms with van der Waals surface area (Å²) < 4.78 is 0. The third-order valence-corrected chi connectivity index (χ3v) is 4.64. The van der Waals surface area contributed by atoms with E-state index < -0.39 is 0 Å². The molecule has 76 valence electrons. The van der Waals surface area contributed by atoms with Crippen LogP contribution in [0.3, 0.4) is 0 Å². The van der Waals surface area contributed by atoms with E-state index in [0.29, 0.717) is 5.41 Å². The van der Waals surface area contributed by atoms with E-state index >= 15 is 0 Å². The molecule has 2 aliphatic carbocycles. The molecule has 1 nitrogen and oxygen atoms in total. The fourth-order valence-corrected chi connectivity index (χ4v) is 4.13. The maximum absolute atomic E-state index is 3.55. The van der Waals surface area contributed by atoms with Crippen LogP contribution < -0.4 is 5.32 Å². The monoisotopic (exact) mass is 181 g/mol. The van der Waals surface area contributed by atoms with E-state index in [2.05, 4.69) is 26.2 Å². The van der Waals surface area contributed by atoms with E-state index in [4.69, 9.17) is 0 Å². The van der Waals surface area contributed by atoms with Gasteiger partial charge in [-0.1, -0.05) is 20.3 Å². The van der Waals surface area contributed by atoms with Crippen LogP contribution in [0, 0.1) is 17.3 Å². The summed E-state index contributed by atoms with van der Waals surface area (Å²) in [4.78, 5) is 0. The third-order valence-electron chi connectivity index (χ3n) is 4.64. The first-order chi connectivity index (χ1) is 6.19. The lowest BCUT2D eigenvalue weighted by Gasteiger charge is -2.35. The van der Waals surface area contributed by atoms with Crippen LogP contribution in [0.2, 0.25) is 0 Å². The average Bonchev–Trinajstić information content (AvgIpc) is 2.59. The minimum atomic E-state index is 0.675. The van der Waals surface area contributed by atoms with Crippen molar-refractivity contribution in [2.24, 2.45) is 17.3 Å². The maximum atomic E-state index is 3.55. The highest BCUT2D eigenvalue weighted by atomic mass is 14.9. The van der Waals surface area contributed by atoms with Crippen LogP contribution in [0.4, 0.5) is 0 Å². The van der Waals surface area contributed by atoms with Crippen LogP contribution in [0.25, 0.3) is 0 Å². The highest BCUT2D eigenvalue weighted by molar-refractivity contribution is 5.03. The van der Waals surface area contributed by atoms with Gasteiger partial charge in [0.25, 0.3) is 0 Å². The van der Waals surface area contributed by atoms with Crippen LogP contribution >= 0.6 is 0 Å². The Morgan fingerprint density at radius 1 is 1.31 bits per heavy atom. The Kier molecular flexibility index (Phi) is 2.39. The van der Waals surface area contributed by atoms with E-state index in [-0.39, 0.29) is 0 Å². The van der Waals surface area contributed by atoms with E-state index in [1.165, 1.54) is 32.1 Å². The first-order valence-electron chi connectivity index (χ1n) is 5.86. The first-order valence-corrected chi connectivity index (χ1v) is 5.86. The van der Waals surface area contributed by atoms with Gasteiger partial charge in [-0.3, -0.25) is 0 Å². The van der Waals surface area contributed by atoms with Crippen LogP contribution in [-0.2, 0) is 0 Å². The van der Waals surface area contributed by atoms with Gasteiger partial charge in [0.2, 0.25) is 0 Å². The van der Waals surface area contributed by atoms with Crippen molar-refractivity contribution in [2.75, 3.05) is 7.05 Å². The van der Waals surface area contributed by atoms with Crippen molar-refractivity contribution < 1.29 is 0 Å². The van der Waals surface area contributed by atoms with Crippen molar-refractivity contribution in [3.63, 3.8) is 0 Å². The molecule has 2 fully saturated rings. The minimum absolute atomic E-state index is 0.675. The maximum Gasteiger partial charge on any atom is 0.0123 e. The van der Waals surface area contributed by atoms with Gasteiger partial charge in [-0.25, -0.2) is 0 Å². The highest BCUT2D eigenvalue weighted by Crippen LogP contribution is 2.55. The zero-order valence-electron chi connectivity index (χ0n) is 9.27. The van der Waals surface area contributed by atoms with Crippen LogP contribution in [0.5, 0.6) is 0 Å². The molecule has 4 unspecified atom stereocenters. The van der Waals surface area contributed by atoms with Crippen LogP contribution in [0.15, 0.2) is 0 Å². The predicted octanol–water partition coefficient (Wildman–Crippen LogP) is 2.81. The zero-order chi connectivity index (χ0) is 9.47. The first kappa shape index (κ1) is 9.51. The summed E-state index contributed by atoms with van der Waals surface area (Å²) >= 11 is 0. The Bertz CT molecular complexity index is 190. The lowest BCUT2D eigenvalue weighted by molar-refractivity contribution is 0.171. The smallest absolute Gasteiger partial charge is 0.0123 e. The molecule has 0 aromatic carbocycles. The summed E-state index contributed by atoms with van der Waals surface area (Å²) in [5, 5.41) is 3.55. The topological polar surface area (TPSA) is 12.0 Å². The van der Waals surface area contributed by atoms with Crippen LogP contribution in [0.1, 0.15) is 46.0 Å². The van der Waals surface area contributed by atoms with Gasteiger partial charge in [-0.15, -0.1) is 0 Å². The van der Waals surface area contributed by atoms with Gasteiger partial charge in [-0.05, 0) is 50.0 Å². The Morgan fingerprint density at radius 3 is 2.62 bits per heavy atom. The normalized spacial score (nSPS) is 50.5. The second kappa shape index (κ2) is 3.27. The Morgan fingerprint density at radius 2 is 2.08 bits per heavy atom. The number of rotatable bonds is 1. The summed E-state index contributed by atoms with van der Waals surface area (Å²) in [5.41, 5.74) is 0.675.